The fraction of sp³-hybridized carbons (Fsp3) is 0.185. The summed E-state index contributed by atoms with van der Waals surface area (Å²) in [6, 6.07) is 18.9. The molecule has 0 bridgehead atoms. The third-order valence-electron chi connectivity index (χ3n) is 7.27. The van der Waals surface area contributed by atoms with Crippen LogP contribution in [0, 0.1) is 0 Å². The van der Waals surface area contributed by atoms with Crippen molar-refractivity contribution in [2.75, 3.05) is 5.32 Å². The molecular weight excluding hydrogens is 410 g/mol. The smallest absolute Gasteiger partial charge is 0.237 e. The van der Waals surface area contributed by atoms with Gasteiger partial charge in [0, 0.05) is 28.2 Å². The molecule has 6 heteroatoms. The first-order valence-electron chi connectivity index (χ1n) is 11.3. The number of aromatic nitrogens is 4. The molecule has 160 valence electrons. The molecule has 1 spiro atoms. The van der Waals surface area contributed by atoms with Gasteiger partial charge in [0.2, 0.25) is 5.91 Å². The highest BCUT2D eigenvalue weighted by Gasteiger charge is 2.51. The highest BCUT2D eigenvalue weighted by atomic mass is 16.2. The number of aromatic amines is 1. The number of anilines is 1. The molecular formula is C27H21N5O. The van der Waals surface area contributed by atoms with Gasteiger partial charge in [0.25, 0.3) is 0 Å². The molecule has 1 aliphatic carbocycles. The van der Waals surface area contributed by atoms with Crippen LogP contribution in [-0.4, -0.2) is 26.1 Å². The normalized spacial score (nSPS) is 18.7. The van der Waals surface area contributed by atoms with Crippen LogP contribution in [0.5, 0.6) is 0 Å². The summed E-state index contributed by atoms with van der Waals surface area (Å²) < 4.78 is 0. The van der Waals surface area contributed by atoms with Gasteiger partial charge in [-0.25, -0.2) is 4.98 Å². The number of fused-ring (bicyclic) bond motifs is 5. The maximum atomic E-state index is 13.0. The van der Waals surface area contributed by atoms with Gasteiger partial charge in [0.05, 0.1) is 22.6 Å². The molecule has 1 atom stereocenters. The van der Waals surface area contributed by atoms with Crippen LogP contribution >= 0.6 is 0 Å². The summed E-state index contributed by atoms with van der Waals surface area (Å²) in [5.41, 5.74) is 7.32. The fourth-order valence-electron chi connectivity index (χ4n) is 5.59. The van der Waals surface area contributed by atoms with Gasteiger partial charge in [-0.1, -0.05) is 24.3 Å². The number of nitrogens with zero attached hydrogens (tertiary/aromatic N) is 3. The molecule has 4 heterocycles. The Kier molecular flexibility index (Phi) is 3.77. The van der Waals surface area contributed by atoms with Gasteiger partial charge in [-0.2, -0.15) is 5.10 Å². The summed E-state index contributed by atoms with van der Waals surface area (Å²) in [4.78, 5) is 22.3. The summed E-state index contributed by atoms with van der Waals surface area (Å²) in [7, 11) is 0. The second kappa shape index (κ2) is 6.72. The average molecular weight is 431 g/mol. The summed E-state index contributed by atoms with van der Waals surface area (Å²) in [5, 5.41) is 12.5. The summed E-state index contributed by atoms with van der Waals surface area (Å²) in [5.74, 6) is 0.756. The first kappa shape index (κ1) is 18.5. The molecule has 1 aliphatic heterocycles. The zero-order chi connectivity index (χ0) is 22.0. The van der Waals surface area contributed by atoms with E-state index in [2.05, 4.69) is 56.9 Å². The van der Waals surface area contributed by atoms with E-state index < -0.39 is 5.41 Å². The lowest BCUT2D eigenvalue weighted by atomic mass is 9.79. The van der Waals surface area contributed by atoms with E-state index in [0.29, 0.717) is 18.7 Å². The number of H-pyrrole nitrogens is 1. The van der Waals surface area contributed by atoms with Crippen molar-refractivity contribution in [2.45, 2.75) is 31.1 Å². The Morgan fingerprint density at radius 2 is 1.88 bits per heavy atom. The first-order valence-corrected chi connectivity index (χ1v) is 11.3. The number of hydrogen-bond donors (Lipinski definition) is 2. The molecule has 7 rings (SSSR count). The van der Waals surface area contributed by atoms with E-state index in [1.807, 2.05) is 24.4 Å². The Morgan fingerprint density at radius 1 is 0.970 bits per heavy atom. The topological polar surface area (TPSA) is 83.6 Å². The molecule has 5 aromatic rings. The summed E-state index contributed by atoms with van der Waals surface area (Å²) in [6.07, 6.45) is 6.80. The van der Waals surface area contributed by atoms with Crippen LogP contribution in [0.25, 0.3) is 21.8 Å². The quantitative estimate of drug-likeness (QED) is 0.447. The van der Waals surface area contributed by atoms with Crippen LogP contribution < -0.4 is 5.32 Å². The summed E-state index contributed by atoms with van der Waals surface area (Å²) in [6.45, 7) is 0. The van der Waals surface area contributed by atoms with Crippen molar-refractivity contribution in [2.24, 2.45) is 0 Å². The Morgan fingerprint density at radius 3 is 2.82 bits per heavy atom. The van der Waals surface area contributed by atoms with E-state index in [4.69, 9.17) is 4.98 Å². The molecule has 2 N–H and O–H groups in total. The van der Waals surface area contributed by atoms with Crippen LogP contribution in [-0.2, 0) is 35.9 Å². The SMILES string of the molecule is O=C1Nc2ncccc2C12Cc1cc3ccc(CCc4cccc5[nH]ncc45)nc3cc1C2. The highest BCUT2D eigenvalue weighted by Crippen LogP contribution is 2.47. The van der Waals surface area contributed by atoms with Crippen molar-refractivity contribution in [3.05, 3.63) is 94.9 Å². The number of nitrogens with one attached hydrogen (secondary N) is 2. The Labute approximate surface area is 190 Å². The van der Waals surface area contributed by atoms with Crippen molar-refractivity contribution in [1.82, 2.24) is 20.2 Å². The third kappa shape index (κ3) is 2.73. The average Bonchev–Trinajstić information content (AvgIpc) is 3.52. The van der Waals surface area contributed by atoms with Gasteiger partial charge in [-0.15, -0.1) is 0 Å². The highest BCUT2D eigenvalue weighted by molar-refractivity contribution is 6.06. The number of rotatable bonds is 3. The maximum Gasteiger partial charge on any atom is 0.237 e. The van der Waals surface area contributed by atoms with Gasteiger partial charge in [-0.05, 0) is 72.7 Å². The number of benzene rings is 2. The van der Waals surface area contributed by atoms with Gasteiger partial charge >= 0.3 is 0 Å². The molecule has 0 saturated heterocycles. The minimum absolute atomic E-state index is 0.0542. The van der Waals surface area contributed by atoms with E-state index in [9.17, 15) is 4.79 Å². The minimum atomic E-state index is -0.546. The zero-order valence-corrected chi connectivity index (χ0v) is 17.9. The lowest BCUT2D eigenvalue weighted by Crippen LogP contribution is -2.35. The minimum Gasteiger partial charge on any atom is -0.310 e. The van der Waals surface area contributed by atoms with Gasteiger partial charge in [0.15, 0.2) is 0 Å². The number of pyridine rings is 2. The molecule has 6 nitrogen and oxygen atoms in total. The van der Waals surface area contributed by atoms with Crippen LogP contribution in [0.3, 0.4) is 0 Å². The number of hydrogen-bond acceptors (Lipinski definition) is 4. The molecule has 0 radical (unpaired) electrons. The molecule has 1 unspecified atom stereocenters. The molecule has 0 saturated carbocycles. The lowest BCUT2D eigenvalue weighted by Gasteiger charge is -2.20. The van der Waals surface area contributed by atoms with E-state index in [1.165, 1.54) is 22.1 Å². The summed E-state index contributed by atoms with van der Waals surface area (Å²) >= 11 is 0. The zero-order valence-electron chi connectivity index (χ0n) is 17.9. The predicted octanol–water partition coefficient (Wildman–Crippen LogP) is 4.28. The molecule has 33 heavy (non-hydrogen) atoms. The molecule has 2 aliphatic rings. The van der Waals surface area contributed by atoms with Crippen molar-refractivity contribution >= 4 is 33.5 Å². The van der Waals surface area contributed by atoms with Gasteiger partial charge in [-0.3, -0.25) is 14.9 Å². The van der Waals surface area contributed by atoms with E-state index >= 15 is 0 Å². The van der Waals surface area contributed by atoms with Crippen molar-refractivity contribution < 1.29 is 4.79 Å². The maximum absolute atomic E-state index is 13.0. The van der Waals surface area contributed by atoms with Crippen molar-refractivity contribution in [1.29, 1.82) is 0 Å². The predicted molar refractivity (Wildman–Crippen MR) is 127 cm³/mol. The van der Waals surface area contributed by atoms with Gasteiger partial charge in [0.1, 0.15) is 5.82 Å². The molecule has 1 amide bonds. The van der Waals surface area contributed by atoms with Crippen molar-refractivity contribution in [3.63, 3.8) is 0 Å². The van der Waals surface area contributed by atoms with Crippen LogP contribution in [0.1, 0.15) is 27.9 Å². The number of amides is 1. The standard InChI is InChI=1S/C27H21N5O/c33-26-27(22-4-2-10-28-25(22)31-26)13-18-11-17-7-9-20(30-24(17)12-19(18)14-27)8-6-16-3-1-5-23-21(16)15-29-32-23/h1-5,7,9-12,15H,6,8,13-14H2,(H,29,32)(H,28,31,33). The molecule has 3 aromatic heterocycles. The molecule has 0 fully saturated rings. The Hall–Kier alpha value is -4.06. The molecule has 2 aromatic carbocycles. The van der Waals surface area contributed by atoms with E-state index in [1.54, 1.807) is 6.20 Å². The van der Waals surface area contributed by atoms with Crippen molar-refractivity contribution in [3.8, 4) is 0 Å². The number of carbonyl (C=O) groups excluding carboxylic acids is 1. The van der Waals surface area contributed by atoms with E-state index in [-0.39, 0.29) is 5.91 Å². The first-order chi connectivity index (χ1) is 16.2. The number of carbonyl (C=O) groups is 1. The number of aryl methyl sites for hydroxylation is 2. The van der Waals surface area contributed by atoms with Crippen LogP contribution in [0.15, 0.2) is 67.0 Å². The van der Waals surface area contributed by atoms with Crippen LogP contribution in [0.4, 0.5) is 5.82 Å². The lowest BCUT2D eigenvalue weighted by molar-refractivity contribution is -0.120. The van der Waals surface area contributed by atoms with Crippen LogP contribution in [0.2, 0.25) is 0 Å². The Balaban J connectivity index is 1.20. The second-order valence-electron chi connectivity index (χ2n) is 9.15. The van der Waals surface area contributed by atoms with E-state index in [0.717, 1.165) is 40.5 Å². The third-order valence-corrected chi connectivity index (χ3v) is 7.27. The second-order valence-corrected chi connectivity index (χ2v) is 9.15. The largest absolute Gasteiger partial charge is 0.310 e. The van der Waals surface area contributed by atoms with Gasteiger partial charge < -0.3 is 5.32 Å². The fourth-order valence-corrected chi connectivity index (χ4v) is 5.59. The Bertz CT molecular complexity index is 1590. The monoisotopic (exact) mass is 431 g/mol.